The second kappa shape index (κ2) is 8.83. The van der Waals surface area contributed by atoms with Crippen LogP contribution in [0, 0.1) is 0 Å². The standard InChI is InChI=1S/C17H14BrNO5/c18-13-7-4-8-14(9-13)23-11-16(21)24-10-15(20)19-17(22)12-5-2-1-3-6-12/h1-9H,10-11H2,(H,19,20,22). The van der Waals surface area contributed by atoms with Crippen molar-refractivity contribution in [3.8, 4) is 5.75 Å². The minimum atomic E-state index is -0.711. The third kappa shape index (κ3) is 5.85. The Labute approximate surface area is 146 Å². The van der Waals surface area contributed by atoms with Gasteiger partial charge in [-0.1, -0.05) is 40.2 Å². The first-order valence-corrected chi connectivity index (χ1v) is 7.77. The summed E-state index contributed by atoms with van der Waals surface area (Å²) in [5.74, 6) is -1.48. The molecule has 0 heterocycles. The number of imide groups is 1. The van der Waals surface area contributed by atoms with E-state index in [9.17, 15) is 14.4 Å². The van der Waals surface area contributed by atoms with Crippen LogP contribution in [0.25, 0.3) is 0 Å². The number of hydrogen-bond donors (Lipinski definition) is 1. The number of rotatable bonds is 6. The fraction of sp³-hybridized carbons (Fsp3) is 0.118. The fourth-order valence-electron chi connectivity index (χ4n) is 1.71. The molecule has 0 aromatic heterocycles. The SMILES string of the molecule is O=C(COC(=O)COc1cccc(Br)c1)NC(=O)c1ccccc1. The van der Waals surface area contributed by atoms with E-state index in [0.29, 0.717) is 11.3 Å². The van der Waals surface area contributed by atoms with Gasteiger partial charge >= 0.3 is 5.97 Å². The number of hydrogen-bond acceptors (Lipinski definition) is 5. The van der Waals surface area contributed by atoms with Crippen LogP contribution in [-0.4, -0.2) is 31.0 Å². The monoisotopic (exact) mass is 391 g/mol. The van der Waals surface area contributed by atoms with Crippen molar-refractivity contribution in [1.82, 2.24) is 5.32 Å². The first-order chi connectivity index (χ1) is 11.5. The van der Waals surface area contributed by atoms with Gasteiger partial charge in [-0.3, -0.25) is 14.9 Å². The van der Waals surface area contributed by atoms with E-state index in [2.05, 4.69) is 21.2 Å². The zero-order chi connectivity index (χ0) is 17.4. The van der Waals surface area contributed by atoms with Gasteiger partial charge in [-0.25, -0.2) is 4.79 Å². The van der Waals surface area contributed by atoms with E-state index in [4.69, 9.17) is 9.47 Å². The number of nitrogens with one attached hydrogen (secondary N) is 1. The molecular formula is C17H14BrNO5. The predicted octanol–water partition coefficient (Wildman–Crippen LogP) is 2.33. The molecular weight excluding hydrogens is 378 g/mol. The van der Waals surface area contributed by atoms with Gasteiger partial charge in [0.15, 0.2) is 13.2 Å². The van der Waals surface area contributed by atoms with E-state index in [1.54, 1.807) is 48.5 Å². The third-order valence-corrected chi connectivity index (χ3v) is 3.30. The Hall–Kier alpha value is -2.67. The van der Waals surface area contributed by atoms with Crippen LogP contribution in [0.3, 0.4) is 0 Å². The van der Waals surface area contributed by atoms with Crippen LogP contribution in [0.4, 0.5) is 0 Å². The Morgan fingerprint density at radius 3 is 2.42 bits per heavy atom. The minimum Gasteiger partial charge on any atom is -0.482 e. The molecule has 2 aromatic carbocycles. The summed E-state index contributed by atoms with van der Waals surface area (Å²) in [6, 6.07) is 15.2. The Morgan fingerprint density at radius 1 is 0.958 bits per heavy atom. The quantitative estimate of drug-likeness (QED) is 0.764. The number of carbonyl (C=O) groups is 3. The summed E-state index contributed by atoms with van der Waals surface area (Å²) in [4.78, 5) is 34.9. The molecule has 2 amide bonds. The highest BCUT2D eigenvalue weighted by Crippen LogP contribution is 2.17. The van der Waals surface area contributed by atoms with Crippen molar-refractivity contribution in [3.05, 3.63) is 64.6 Å². The highest BCUT2D eigenvalue weighted by Gasteiger charge is 2.12. The van der Waals surface area contributed by atoms with Gasteiger partial charge in [0.1, 0.15) is 5.75 Å². The average Bonchev–Trinajstić information content (AvgIpc) is 2.59. The van der Waals surface area contributed by atoms with E-state index in [1.165, 1.54) is 0 Å². The maximum absolute atomic E-state index is 11.7. The smallest absolute Gasteiger partial charge is 0.344 e. The van der Waals surface area contributed by atoms with Crippen molar-refractivity contribution >= 4 is 33.7 Å². The second-order valence-corrected chi connectivity index (χ2v) is 5.57. The van der Waals surface area contributed by atoms with Crippen molar-refractivity contribution in [1.29, 1.82) is 0 Å². The van der Waals surface area contributed by atoms with E-state index in [0.717, 1.165) is 4.47 Å². The van der Waals surface area contributed by atoms with Gasteiger partial charge in [0.05, 0.1) is 0 Å². The lowest BCUT2D eigenvalue weighted by Gasteiger charge is -2.07. The summed E-state index contributed by atoms with van der Waals surface area (Å²) in [6.45, 7) is -0.893. The number of amides is 2. The average molecular weight is 392 g/mol. The molecule has 0 spiro atoms. The number of esters is 1. The van der Waals surface area contributed by atoms with Gasteiger partial charge < -0.3 is 9.47 Å². The molecule has 0 aliphatic heterocycles. The molecule has 1 N–H and O–H groups in total. The maximum Gasteiger partial charge on any atom is 0.344 e. The Kier molecular flexibility index (Phi) is 6.51. The molecule has 7 heteroatoms. The van der Waals surface area contributed by atoms with Crippen molar-refractivity contribution in [2.45, 2.75) is 0 Å². The number of halogens is 1. The molecule has 0 saturated carbocycles. The molecule has 24 heavy (non-hydrogen) atoms. The van der Waals surface area contributed by atoms with Gasteiger partial charge in [-0.05, 0) is 30.3 Å². The molecule has 0 saturated heterocycles. The lowest BCUT2D eigenvalue weighted by molar-refractivity contribution is -0.150. The van der Waals surface area contributed by atoms with Crippen molar-refractivity contribution in [3.63, 3.8) is 0 Å². The first kappa shape index (κ1) is 17.7. The highest BCUT2D eigenvalue weighted by molar-refractivity contribution is 9.10. The molecule has 0 aliphatic rings. The molecule has 0 fully saturated rings. The van der Waals surface area contributed by atoms with E-state index >= 15 is 0 Å². The first-order valence-electron chi connectivity index (χ1n) is 6.98. The lowest BCUT2D eigenvalue weighted by atomic mass is 10.2. The summed E-state index contributed by atoms with van der Waals surface area (Å²) >= 11 is 3.28. The molecule has 0 aliphatic carbocycles. The van der Waals surface area contributed by atoms with Gasteiger partial charge in [0, 0.05) is 10.0 Å². The number of ether oxygens (including phenoxy) is 2. The van der Waals surface area contributed by atoms with Gasteiger partial charge in [-0.2, -0.15) is 0 Å². The normalized spacial score (nSPS) is 9.88. The van der Waals surface area contributed by atoms with E-state index in [1.807, 2.05) is 6.07 Å². The summed E-state index contributed by atoms with van der Waals surface area (Å²) in [5.41, 5.74) is 0.343. The molecule has 0 radical (unpaired) electrons. The van der Waals surface area contributed by atoms with Crippen molar-refractivity contribution < 1.29 is 23.9 Å². The van der Waals surface area contributed by atoms with E-state index in [-0.39, 0.29) is 6.61 Å². The maximum atomic E-state index is 11.7. The van der Waals surface area contributed by atoms with Crippen LogP contribution in [-0.2, 0) is 14.3 Å². The molecule has 2 aromatic rings. The van der Waals surface area contributed by atoms with Gasteiger partial charge in [-0.15, -0.1) is 0 Å². The molecule has 0 bridgehead atoms. The molecule has 0 atom stereocenters. The topological polar surface area (TPSA) is 81.7 Å². The highest BCUT2D eigenvalue weighted by atomic mass is 79.9. The second-order valence-electron chi connectivity index (χ2n) is 4.65. The van der Waals surface area contributed by atoms with Crippen LogP contribution in [0.1, 0.15) is 10.4 Å². The summed E-state index contributed by atoms with van der Waals surface area (Å²) in [5, 5.41) is 2.13. The lowest BCUT2D eigenvalue weighted by Crippen LogP contribution is -2.34. The van der Waals surface area contributed by atoms with E-state index < -0.39 is 24.4 Å². The van der Waals surface area contributed by atoms with Gasteiger partial charge in [0.25, 0.3) is 11.8 Å². The molecule has 124 valence electrons. The summed E-state index contributed by atoms with van der Waals surface area (Å²) in [6.07, 6.45) is 0. The van der Waals surface area contributed by atoms with Crippen LogP contribution in [0.5, 0.6) is 5.75 Å². The zero-order valence-electron chi connectivity index (χ0n) is 12.5. The van der Waals surface area contributed by atoms with Crippen LogP contribution in [0.15, 0.2) is 59.1 Å². The van der Waals surface area contributed by atoms with Crippen LogP contribution in [0.2, 0.25) is 0 Å². The summed E-state index contributed by atoms with van der Waals surface area (Å²) in [7, 11) is 0. The third-order valence-electron chi connectivity index (χ3n) is 2.81. The zero-order valence-corrected chi connectivity index (χ0v) is 14.1. The van der Waals surface area contributed by atoms with Gasteiger partial charge in [0.2, 0.25) is 0 Å². The Bertz CT molecular complexity index is 733. The van der Waals surface area contributed by atoms with Crippen LogP contribution < -0.4 is 10.1 Å². The fourth-order valence-corrected chi connectivity index (χ4v) is 2.09. The number of carbonyl (C=O) groups excluding carboxylic acids is 3. The Balaban J connectivity index is 1.71. The Morgan fingerprint density at radius 2 is 1.71 bits per heavy atom. The number of benzene rings is 2. The minimum absolute atomic E-state index is 0.337. The predicted molar refractivity (Wildman–Crippen MR) is 89.5 cm³/mol. The molecule has 2 rings (SSSR count). The molecule has 0 unspecified atom stereocenters. The van der Waals surface area contributed by atoms with Crippen molar-refractivity contribution in [2.24, 2.45) is 0 Å². The van der Waals surface area contributed by atoms with Crippen molar-refractivity contribution in [2.75, 3.05) is 13.2 Å². The molecule has 6 nitrogen and oxygen atoms in total. The van der Waals surface area contributed by atoms with Crippen LogP contribution >= 0.6 is 15.9 Å². The largest absolute Gasteiger partial charge is 0.482 e. The summed E-state index contributed by atoms with van der Waals surface area (Å²) < 4.78 is 10.8.